The summed E-state index contributed by atoms with van der Waals surface area (Å²) < 4.78 is 0. The summed E-state index contributed by atoms with van der Waals surface area (Å²) >= 11 is 0. The van der Waals surface area contributed by atoms with Crippen LogP contribution in [0.1, 0.15) is 53.3 Å². The molecule has 0 radical (unpaired) electrons. The van der Waals surface area contributed by atoms with E-state index in [0.717, 1.165) is 30.8 Å². The van der Waals surface area contributed by atoms with E-state index in [-0.39, 0.29) is 18.7 Å². The van der Waals surface area contributed by atoms with E-state index in [2.05, 4.69) is 22.9 Å². The van der Waals surface area contributed by atoms with Crippen molar-refractivity contribution in [1.82, 2.24) is 15.5 Å². The molecule has 2 fully saturated rings. The molecule has 0 aromatic heterocycles. The summed E-state index contributed by atoms with van der Waals surface area (Å²) in [5.74, 6) is -0.863. The maximum atomic E-state index is 13.1. The molecule has 2 saturated heterocycles. The third-order valence-corrected chi connectivity index (χ3v) is 6.27. The first-order chi connectivity index (χ1) is 14.0. The van der Waals surface area contributed by atoms with Gasteiger partial charge in [-0.3, -0.25) is 29.4 Å². The minimum Gasteiger partial charge on any atom is -0.384 e. The average Bonchev–Trinajstić information content (AvgIpc) is 2.98. The van der Waals surface area contributed by atoms with Gasteiger partial charge in [-0.25, -0.2) is 0 Å². The molecule has 0 aliphatic carbocycles. The topological polar surface area (TPSA) is 108 Å². The molecule has 0 bridgehead atoms. The van der Waals surface area contributed by atoms with Gasteiger partial charge in [-0.1, -0.05) is 13.0 Å². The van der Waals surface area contributed by atoms with Crippen LogP contribution in [-0.2, 0) is 9.59 Å². The molecular formula is C21H26N4O4. The number of anilines is 1. The summed E-state index contributed by atoms with van der Waals surface area (Å²) in [7, 11) is 0. The minimum atomic E-state index is -0.943. The Morgan fingerprint density at radius 3 is 2.59 bits per heavy atom. The van der Waals surface area contributed by atoms with Gasteiger partial charge in [-0.2, -0.15) is 0 Å². The molecule has 3 N–H and O–H groups in total. The Bertz CT molecular complexity index is 862. The lowest BCUT2D eigenvalue weighted by Crippen LogP contribution is -2.54. The molecule has 154 valence electrons. The predicted molar refractivity (Wildman–Crippen MR) is 106 cm³/mol. The van der Waals surface area contributed by atoms with Gasteiger partial charge in [-0.15, -0.1) is 0 Å². The molecule has 1 aromatic rings. The van der Waals surface area contributed by atoms with E-state index in [1.54, 1.807) is 18.2 Å². The Hall–Kier alpha value is -2.74. The predicted octanol–water partition coefficient (Wildman–Crippen LogP) is 1.14. The second-order valence-corrected chi connectivity index (χ2v) is 8.12. The zero-order chi connectivity index (χ0) is 20.5. The molecule has 4 rings (SSSR count). The molecular weight excluding hydrogens is 372 g/mol. The number of benzene rings is 1. The quantitative estimate of drug-likeness (QED) is 0.642. The van der Waals surface area contributed by atoms with Gasteiger partial charge in [-0.05, 0) is 56.3 Å². The molecule has 0 saturated carbocycles. The van der Waals surface area contributed by atoms with Gasteiger partial charge >= 0.3 is 0 Å². The second-order valence-electron chi connectivity index (χ2n) is 8.12. The van der Waals surface area contributed by atoms with Gasteiger partial charge in [0, 0.05) is 18.7 Å². The van der Waals surface area contributed by atoms with Crippen molar-refractivity contribution >= 4 is 29.3 Å². The summed E-state index contributed by atoms with van der Waals surface area (Å²) in [4.78, 5) is 50.6. The highest BCUT2D eigenvalue weighted by Gasteiger charge is 2.45. The number of hydrogen-bond donors (Lipinski definition) is 3. The van der Waals surface area contributed by atoms with E-state index < -0.39 is 23.8 Å². The number of hydrogen-bond acceptors (Lipinski definition) is 6. The van der Waals surface area contributed by atoms with Gasteiger partial charge in [0.2, 0.25) is 11.8 Å². The van der Waals surface area contributed by atoms with Gasteiger partial charge in [0.15, 0.2) is 0 Å². The fraction of sp³-hybridized carbons (Fsp3) is 0.524. The molecule has 4 amide bonds. The number of imide groups is 2. The van der Waals surface area contributed by atoms with Crippen LogP contribution in [-0.4, -0.2) is 54.2 Å². The lowest BCUT2D eigenvalue weighted by molar-refractivity contribution is -0.136. The lowest BCUT2D eigenvalue weighted by Gasteiger charge is -2.29. The number of nitrogens with one attached hydrogen (secondary N) is 3. The number of carbonyl (C=O) groups excluding carboxylic acids is 4. The standard InChI is InChI=1S/C21H26N4O4/c1-12(13-7-9-22-10-8-13)11-23-15-4-2-3-14-18(15)21(29)25(20(14)28)16-5-6-17(26)24-19(16)27/h2-4,12-13,16,22-23H,5-11H2,1H3,(H,24,26,27)/t12-,16?/m0/s1. The number of piperidine rings is 2. The van der Waals surface area contributed by atoms with Crippen molar-refractivity contribution in [3.8, 4) is 0 Å². The fourth-order valence-corrected chi connectivity index (χ4v) is 4.51. The van der Waals surface area contributed by atoms with Crippen LogP contribution in [0.3, 0.4) is 0 Å². The Kier molecular flexibility index (Phi) is 5.36. The van der Waals surface area contributed by atoms with Crippen LogP contribution in [0.2, 0.25) is 0 Å². The van der Waals surface area contributed by atoms with Crippen LogP contribution < -0.4 is 16.0 Å². The summed E-state index contributed by atoms with van der Waals surface area (Å²) in [6.07, 6.45) is 2.54. The number of rotatable bonds is 5. The fourth-order valence-electron chi connectivity index (χ4n) is 4.51. The third-order valence-electron chi connectivity index (χ3n) is 6.27. The second kappa shape index (κ2) is 7.94. The largest absolute Gasteiger partial charge is 0.384 e. The highest BCUT2D eigenvalue weighted by molar-refractivity contribution is 6.25. The molecule has 1 aromatic carbocycles. The molecule has 8 nitrogen and oxygen atoms in total. The van der Waals surface area contributed by atoms with Crippen LogP contribution in [0.25, 0.3) is 0 Å². The molecule has 0 spiro atoms. The first kappa shape index (κ1) is 19.6. The Balaban J connectivity index is 1.51. The van der Waals surface area contributed by atoms with Crippen molar-refractivity contribution in [3.63, 3.8) is 0 Å². The number of amides is 4. The van der Waals surface area contributed by atoms with Crippen molar-refractivity contribution in [2.45, 2.75) is 38.6 Å². The molecule has 1 unspecified atom stereocenters. The van der Waals surface area contributed by atoms with Crippen LogP contribution in [0.4, 0.5) is 5.69 Å². The van der Waals surface area contributed by atoms with Crippen LogP contribution >= 0.6 is 0 Å². The molecule has 29 heavy (non-hydrogen) atoms. The maximum absolute atomic E-state index is 13.1. The van der Waals surface area contributed by atoms with E-state index in [1.807, 2.05) is 0 Å². The normalized spacial score (nSPS) is 23.8. The molecule has 8 heteroatoms. The van der Waals surface area contributed by atoms with Gasteiger partial charge in [0.1, 0.15) is 6.04 Å². The van der Waals surface area contributed by atoms with Crippen molar-refractivity contribution in [2.24, 2.45) is 11.8 Å². The van der Waals surface area contributed by atoms with E-state index in [4.69, 9.17) is 0 Å². The monoisotopic (exact) mass is 398 g/mol. The van der Waals surface area contributed by atoms with Gasteiger partial charge in [0.25, 0.3) is 11.8 Å². The first-order valence-electron chi connectivity index (χ1n) is 10.3. The first-order valence-corrected chi connectivity index (χ1v) is 10.3. The van der Waals surface area contributed by atoms with E-state index >= 15 is 0 Å². The summed E-state index contributed by atoms with van der Waals surface area (Å²) in [5, 5.41) is 8.95. The number of carbonyl (C=O) groups is 4. The minimum absolute atomic E-state index is 0.114. The van der Waals surface area contributed by atoms with Crippen molar-refractivity contribution in [1.29, 1.82) is 0 Å². The summed E-state index contributed by atoms with van der Waals surface area (Å²) in [5.41, 5.74) is 1.25. The van der Waals surface area contributed by atoms with Gasteiger partial charge in [0.05, 0.1) is 11.1 Å². The zero-order valence-corrected chi connectivity index (χ0v) is 16.5. The average molecular weight is 398 g/mol. The third kappa shape index (κ3) is 3.64. The molecule has 2 atom stereocenters. The maximum Gasteiger partial charge on any atom is 0.264 e. The van der Waals surface area contributed by atoms with Crippen molar-refractivity contribution < 1.29 is 19.2 Å². The summed E-state index contributed by atoms with van der Waals surface area (Å²) in [6.45, 7) is 4.98. The molecule has 3 heterocycles. The smallest absolute Gasteiger partial charge is 0.264 e. The van der Waals surface area contributed by atoms with Crippen molar-refractivity contribution in [3.05, 3.63) is 29.3 Å². The van der Waals surface area contributed by atoms with Crippen molar-refractivity contribution in [2.75, 3.05) is 25.0 Å². The Morgan fingerprint density at radius 2 is 1.86 bits per heavy atom. The van der Waals surface area contributed by atoms with Crippen LogP contribution in [0.5, 0.6) is 0 Å². The number of nitrogens with zero attached hydrogens (tertiary/aromatic N) is 1. The lowest BCUT2D eigenvalue weighted by atomic mass is 9.86. The molecule has 3 aliphatic rings. The van der Waals surface area contributed by atoms with E-state index in [9.17, 15) is 19.2 Å². The van der Waals surface area contributed by atoms with Crippen LogP contribution in [0.15, 0.2) is 18.2 Å². The zero-order valence-electron chi connectivity index (χ0n) is 16.5. The van der Waals surface area contributed by atoms with E-state index in [1.165, 1.54) is 0 Å². The molecule has 3 aliphatic heterocycles. The van der Waals surface area contributed by atoms with E-state index in [0.29, 0.717) is 35.2 Å². The highest BCUT2D eigenvalue weighted by Crippen LogP contribution is 2.33. The highest BCUT2D eigenvalue weighted by atomic mass is 16.2. The van der Waals surface area contributed by atoms with Gasteiger partial charge < -0.3 is 10.6 Å². The van der Waals surface area contributed by atoms with Crippen LogP contribution in [0, 0.1) is 11.8 Å². The SMILES string of the molecule is C[C@@H](CNc1cccc2c1C(=O)N(C1CCC(=O)NC1=O)C2=O)C1CCNCC1. The Labute approximate surface area is 169 Å². The number of fused-ring (bicyclic) bond motifs is 1. The summed E-state index contributed by atoms with van der Waals surface area (Å²) in [6, 6.07) is 4.22. The Morgan fingerprint density at radius 1 is 1.10 bits per heavy atom.